The smallest absolute Gasteiger partial charge is 0.223 e. The summed E-state index contributed by atoms with van der Waals surface area (Å²) in [5.41, 5.74) is 0.376. The van der Waals surface area contributed by atoms with Gasteiger partial charge in [-0.15, -0.1) is 11.6 Å². The van der Waals surface area contributed by atoms with E-state index in [0.717, 1.165) is 31.7 Å². The summed E-state index contributed by atoms with van der Waals surface area (Å²) in [4.78, 5) is 11.6. The number of hydrogen-bond acceptors (Lipinski definition) is 1. The minimum atomic E-state index is 0.275. The summed E-state index contributed by atoms with van der Waals surface area (Å²) in [6.45, 7) is 0.856. The highest BCUT2D eigenvalue weighted by molar-refractivity contribution is 6.17. The van der Waals surface area contributed by atoms with E-state index in [1.165, 1.54) is 19.3 Å². The summed E-state index contributed by atoms with van der Waals surface area (Å²) in [5.74, 6) is 1.32. The maximum atomic E-state index is 11.6. The number of nitrogens with one attached hydrogen (secondary N) is 1. The van der Waals surface area contributed by atoms with Gasteiger partial charge in [-0.2, -0.15) is 0 Å². The Morgan fingerprint density at radius 2 is 2.14 bits per heavy atom. The van der Waals surface area contributed by atoms with Gasteiger partial charge in [0.1, 0.15) is 0 Å². The van der Waals surface area contributed by atoms with Crippen LogP contribution in [0.3, 0.4) is 0 Å². The molecule has 0 spiro atoms. The minimum absolute atomic E-state index is 0.275. The van der Waals surface area contributed by atoms with Crippen molar-refractivity contribution in [2.24, 2.45) is 11.3 Å². The van der Waals surface area contributed by atoms with Crippen LogP contribution in [0.2, 0.25) is 0 Å². The first kappa shape index (κ1) is 10.3. The van der Waals surface area contributed by atoms with Crippen LogP contribution in [0.1, 0.15) is 38.5 Å². The molecule has 0 radical (unpaired) electrons. The SMILES string of the molecule is O=C(NCC1(CCCl)CC1)C1CCC1. The average molecular weight is 216 g/mol. The van der Waals surface area contributed by atoms with Crippen molar-refractivity contribution in [2.45, 2.75) is 38.5 Å². The molecule has 2 nitrogen and oxygen atoms in total. The molecule has 1 amide bonds. The van der Waals surface area contributed by atoms with Crippen molar-refractivity contribution >= 4 is 17.5 Å². The molecule has 0 aliphatic heterocycles. The highest BCUT2D eigenvalue weighted by atomic mass is 35.5. The first-order valence-corrected chi connectivity index (χ1v) is 6.13. The molecular weight excluding hydrogens is 198 g/mol. The molecule has 2 rings (SSSR count). The Balaban J connectivity index is 1.68. The van der Waals surface area contributed by atoms with Crippen molar-refractivity contribution in [1.82, 2.24) is 5.32 Å². The largest absolute Gasteiger partial charge is 0.355 e. The third-order valence-electron chi connectivity index (χ3n) is 3.70. The van der Waals surface area contributed by atoms with Gasteiger partial charge in [-0.3, -0.25) is 4.79 Å². The molecule has 14 heavy (non-hydrogen) atoms. The van der Waals surface area contributed by atoms with Crippen molar-refractivity contribution in [1.29, 1.82) is 0 Å². The lowest BCUT2D eigenvalue weighted by Gasteiger charge is -2.25. The van der Waals surface area contributed by atoms with Gasteiger partial charge >= 0.3 is 0 Å². The quantitative estimate of drug-likeness (QED) is 0.701. The predicted octanol–water partition coefficient (Wildman–Crippen LogP) is 2.31. The van der Waals surface area contributed by atoms with Crippen LogP contribution < -0.4 is 5.32 Å². The molecule has 2 aliphatic rings. The Kier molecular flexibility index (Phi) is 3.01. The normalized spacial score (nSPS) is 24.1. The van der Waals surface area contributed by atoms with Gasteiger partial charge in [0.15, 0.2) is 0 Å². The molecule has 0 saturated heterocycles. The molecule has 0 atom stereocenters. The van der Waals surface area contributed by atoms with Crippen LogP contribution >= 0.6 is 11.6 Å². The lowest BCUT2D eigenvalue weighted by molar-refractivity contribution is -0.127. The Bertz CT molecular complexity index is 221. The summed E-state index contributed by atoms with van der Waals surface area (Å²) in [7, 11) is 0. The predicted molar refractivity (Wildman–Crippen MR) is 57.4 cm³/mol. The Morgan fingerprint density at radius 1 is 1.43 bits per heavy atom. The van der Waals surface area contributed by atoms with Crippen molar-refractivity contribution in [3.8, 4) is 0 Å². The second-order valence-corrected chi connectivity index (χ2v) is 5.16. The number of alkyl halides is 1. The van der Waals surface area contributed by atoms with E-state index in [4.69, 9.17) is 11.6 Å². The third-order valence-corrected chi connectivity index (χ3v) is 3.88. The number of carbonyl (C=O) groups is 1. The maximum absolute atomic E-state index is 11.6. The van der Waals surface area contributed by atoms with Crippen LogP contribution in [0, 0.1) is 11.3 Å². The van der Waals surface area contributed by atoms with Crippen molar-refractivity contribution in [3.63, 3.8) is 0 Å². The van der Waals surface area contributed by atoms with E-state index >= 15 is 0 Å². The molecule has 0 bridgehead atoms. The van der Waals surface area contributed by atoms with Gasteiger partial charge < -0.3 is 5.32 Å². The zero-order valence-corrected chi connectivity index (χ0v) is 9.28. The summed E-state index contributed by atoms with van der Waals surface area (Å²) >= 11 is 5.73. The molecule has 0 aromatic rings. The van der Waals surface area contributed by atoms with Crippen molar-refractivity contribution in [3.05, 3.63) is 0 Å². The van der Waals surface area contributed by atoms with Gasteiger partial charge in [0.2, 0.25) is 5.91 Å². The Labute approximate surface area is 90.4 Å². The molecule has 0 aromatic heterocycles. The molecule has 80 valence electrons. The number of halogens is 1. The highest BCUT2D eigenvalue weighted by Crippen LogP contribution is 2.48. The number of rotatable bonds is 5. The topological polar surface area (TPSA) is 29.1 Å². The highest BCUT2D eigenvalue weighted by Gasteiger charge is 2.42. The molecule has 3 heteroatoms. The van der Waals surface area contributed by atoms with Gasteiger partial charge in [-0.05, 0) is 37.5 Å². The second-order valence-electron chi connectivity index (χ2n) is 4.78. The maximum Gasteiger partial charge on any atom is 0.223 e. The molecule has 2 aliphatic carbocycles. The first-order valence-electron chi connectivity index (χ1n) is 5.59. The summed E-state index contributed by atoms with van der Waals surface area (Å²) < 4.78 is 0. The van der Waals surface area contributed by atoms with Crippen LogP contribution in [0.4, 0.5) is 0 Å². The fraction of sp³-hybridized carbons (Fsp3) is 0.909. The number of carbonyl (C=O) groups excluding carboxylic acids is 1. The van der Waals surface area contributed by atoms with E-state index in [0.29, 0.717) is 11.3 Å². The Hall–Kier alpha value is -0.240. The molecule has 2 fully saturated rings. The van der Waals surface area contributed by atoms with Gasteiger partial charge in [0.05, 0.1) is 0 Å². The van der Waals surface area contributed by atoms with Gasteiger partial charge in [-0.1, -0.05) is 6.42 Å². The fourth-order valence-corrected chi connectivity index (χ4v) is 2.38. The zero-order chi connectivity index (χ0) is 10.0. The summed E-state index contributed by atoms with van der Waals surface area (Å²) in [6, 6.07) is 0. The summed E-state index contributed by atoms with van der Waals surface area (Å²) in [5, 5.41) is 3.07. The van der Waals surface area contributed by atoms with Crippen LogP contribution in [0.15, 0.2) is 0 Å². The molecule has 2 saturated carbocycles. The molecule has 0 unspecified atom stereocenters. The fourth-order valence-electron chi connectivity index (χ4n) is 1.98. The molecular formula is C11H18ClNO. The second kappa shape index (κ2) is 4.09. The van der Waals surface area contributed by atoms with Gasteiger partial charge in [-0.25, -0.2) is 0 Å². The van der Waals surface area contributed by atoms with Crippen LogP contribution in [0.5, 0.6) is 0 Å². The van der Waals surface area contributed by atoms with E-state index in [-0.39, 0.29) is 5.91 Å². The number of amides is 1. The Morgan fingerprint density at radius 3 is 2.57 bits per heavy atom. The van der Waals surface area contributed by atoms with Crippen LogP contribution in [0.25, 0.3) is 0 Å². The van der Waals surface area contributed by atoms with Gasteiger partial charge in [0.25, 0.3) is 0 Å². The van der Waals surface area contributed by atoms with Crippen LogP contribution in [-0.4, -0.2) is 18.3 Å². The third kappa shape index (κ3) is 2.22. The zero-order valence-electron chi connectivity index (χ0n) is 8.52. The molecule has 1 N–H and O–H groups in total. The van der Waals surface area contributed by atoms with E-state index in [9.17, 15) is 4.79 Å². The van der Waals surface area contributed by atoms with E-state index < -0.39 is 0 Å². The number of hydrogen-bond donors (Lipinski definition) is 1. The average Bonchev–Trinajstić information content (AvgIpc) is 2.80. The standard InChI is InChI=1S/C11H18ClNO/c12-7-6-11(4-5-11)8-13-10(14)9-2-1-3-9/h9H,1-8H2,(H,13,14). The van der Waals surface area contributed by atoms with Crippen LogP contribution in [-0.2, 0) is 4.79 Å². The van der Waals surface area contributed by atoms with E-state index in [2.05, 4.69) is 5.32 Å². The summed E-state index contributed by atoms with van der Waals surface area (Å²) in [6.07, 6.45) is 6.95. The lowest BCUT2D eigenvalue weighted by Crippen LogP contribution is -2.37. The van der Waals surface area contributed by atoms with E-state index in [1.807, 2.05) is 0 Å². The van der Waals surface area contributed by atoms with Crippen molar-refractivity contribution < 1.29 is 4.79 Å². The monoisotopic (exact) mass is 215 g/mol. The van der Waals surface area contributed by atoms with Gasteiger partial charge in [0, 0.05) is 18.3 Å². The minimum Gasteiger partial charge on any atom is -0.355 e. The lowest BCUT2D eigenvalue weighted by atomic mass is 9.84. The van der Waals surface area contributed by atoms with Crippen molar-refractivity contribution in [2.75, 3.05) is 12.4 Å². The molecule has 0 heterocycles. The molecule has 0 aromatic carbocycles. The van der Waals surface area contributed by atoms with E-state index in [1.54, 1.807) is 0 Å². The first-order chi connectivity index (χ1) is 6.76.